The molecule has 0 aromatic carbocycles. The van der Waals surface area contributed by atoms with Gasteiger partial charge >= 0.3 is 29.6 Å². The van der Waals surface area contributed by atoms with Crippen LogP contribution in [0.3, 0.4) is 0 Å². The Hall–Kier alpha value is 0.0500. The van der Waals surface area contributed by atoms with Crippen LogP contribution in [-0.4, -0.2) is 171 Å². The molecule has 2 aliphatic heterocycles. The molecule has 9 N–H and O–H groups in total. The Labute approximate surface area is 374 Å². The number of methoxy groups -OCH3 is 1. The molecule has 0 aromatic rings. The maximum Gasteiger partial charge on any atom is 1.00 e. The van der Waals surface area contributed by atoms with Gasteiger partial charge in [-0.25, -0.2) is 8.42 Å². The largest absolute Gasteiger partial charge is 1.00 e. The molecule has 0 amide bonds. The number of aliphatic hydroxyl groups is 9. The molecule has 22 atom stereocenters. The normalized spacial score (nSPS) is 49.5. The summed E-state index contributed by atoms with van der Waals surface area (Å²) in [7, 11) is -3.98. The van der Waals surface area contributed by atoms with E-state index in [-0.39, 0.29) is 73.6 Å². The van der Waals surface area contributed by atoms with Gasteiger partial charge in [0.25, 0.3) is 0 Å². The van der Waals surface area contributed by atoms with E-state index in [0.29, 0.717) is 25.7 Å². The van der Waals surface area contributed by atoms with Crippen molar-refractivity contribution in [3.63, 3.8) is 0 Å². The minimum atomic E-state index is -5.29. The van der Waals surface area contributed by atoms with E-state index in [1.165, 1.54) is 7.11 Å². The smallest absolute Gasteiger partial charge is 0.726 e. The third kappa shape index (κ3) is 9.50. The molecule has 20 heteroatoms. The van der Waals surface area contributed by atoms with Crippen molar-refractivity contribution in [2.24, 2.45) is 52.3 Å². The Balaban J connectivity index is 0.00000683. The van der Waals surface area contributed by atoms with Gasteiger partial charge in [0.1, 0.15) is 36.6 Å². The zero-order chi connectivity index (χ0) is 43.6. The number of rotatable bonds is 13. The van der Waals surface area contributed by atoms with Gasteiger partial charge in [-0.1, -0.05) is 46.8 Å². The van der Waals surface area contributed by atoms with Crippen LogP contribution in [0, 0.1) is 52.3 Å². The topological polar surface area (TPSA) is 295 Å². The number of ether oxygens (including phenoxy) is 5. The number of allylic oxidation sites excluding steroid dienone is 2. The van der Waals surface area contributed by atoms with Gasteiger partial charge in [-0.3, -0.25) is 4.18 Å². The average molecular weight is 891 g/mol. The molecule has 4 aliphatic carbocycles. The fourth-order valence-corrected chi connectivity index (χ4v) is 13.0. The monoisotopic (exact) mass is 890 g/mol. The summed E-state index contributed by atoms with van der Waals surface area (Å²) >= 11 is 0. The van der Waals surface area contributed by atoms with Crippen LogP contribution in [0.5, 0.6) is 0 Å². The molecule has 60 heavy (non-hydrogen) atoms. The Kier molecular flexibility index (Phi) is 16.6. The van der Waals surface area contributed by atoms with Gasteiger partial charge in [0, 0.05) is 25.4 Å². The van der Waals surface area contributed by atoms with Gasteiger partial charge in [0.05, 0.1) is 55.9 Å². The van der Waals surface area contributed by atoms with Crippen molar-refractivity contribution >= 4 is 10.4 Å². The molecular weight excluding hydrogens is 823 g/mol. The third-order valence-corrected chi connectivity index (χ3v) is 15.8. The second-order valence-electron chi connectivity index (χ2n) is 19.1. The summed E-state index contributed by atoms with van der Waals surface area (Å²) in [4.78, 5) is 0. The quantitative estimate of drug-likeness (QED) is 0.0368. The number of fused-ring (bicyclic) bond motifs is 5. The zero-order valence-corrected chi connectivity index (χ0v) is 38.5. The van der Waals surface area contributed by atoms with E-state index in [0.717, 1.165) is 0 Å². The van der Waals surface area contributed by atoms with E-state index in [9.17, 15) is 58.9 Å². The van der Waals surface area contributed by atoms with Crippen molar-refractivity contribution in [1.29, 1.82) is 0 Å². The van der Waals surface area contributed by atoms with E-state index < -0.39 is 137 Å². The molecular formula is C40H67NaO18S. The van der Waals surface area contributed by atoms with Gasteiger partial charge in [-0.15, -0.1) is 0 Å². The summed E-state index contributed by atoms with van der Waals surface area (Å²) in [5.74, 6) is -3.28. The molecule has 342 valence electrons. The fraction of sp³-hybridized carbons (Fsp3) is 0.950. The van der Waals surface area contributed by atoms with Crippen LogP contribution in [0.4, 0.5) is 0 Å². The van der Waals surface area contributed by atoms with Crippen LogP contribution in [0.15, 0.2) is 12.2 Å². The Bertz CT molecular complexity index is 1580. The molecule has 0 bridgehead atoms. The van der Waals surface area contributed by atoms with Crippen LogP contribution in [-0.2, 0) is 38.3 Å². The van der Waals surface area contributed by atoms with Crippen LogP contribution in [0.1, 0.15) is 73.1 Å². The van der Waals surface area contributed by atoms with Crippen molar-refractivity contribution in [3.05, 3.63) is 12.2 Å². The first-order chi connectivity index (χ1) is 27.5. The molecule has 0 spiro atoms. The molecule has 6 fully saturated rings. The van der Waals surface area contributed by atoms with E-state index >= 15 is 0 Å². The van der Waals surface area contributed by atoms with Crippen LogP contribution >= 0.6 is 0 Å². The predicted octanol–water partition coefficient (Wildman–Crippen LogP) is -4.08. The molecule has 18 nitrogen and oxygen atoms in total. The molecule has 11 unspecified atom stereocenters. The minimum absolute atomic E-state index is 0. The molecule has 0 aromatic heterocycles. The molecule has 6 aliphatic rings. The number of hydrogen-bond acceptors (Lipinski definition) is 18. The van der Waals surface area contributed by atoms with Crippen molar-refractivity contribution in [2.45, 2.75) is 158 Å². The fourth-order valence-electron chi connectivity index (χ4n) is 12.5. The van der Waals surface area contributed by atoms with Gasteiger partial charge in [0.15, 0.2) is 12.6 Å². The first kappa shape index (κ1) is 51.0. The molecule has 6 rings (SSSR count). The second-order valence-corrected chi connectivity index (χ2v) is 20.1. The van der Waals surface area contributed by atoms with E-state index in [1.807, 2.05) is 46.8 Å². The summed E-state index contributed by atoms with van der Waals surface area (Å²) < 4.78 is 69.6. The molecule has 0 radical (unpaired) electrons. The van der Waals surface area contributed by atoms with Gasteiger partial charge in [0.2, 0.25) is 10.4 Å². The third-order valence-electron chi connectivity index (χ3n) is 15.4. The Morgan fingerprint density at radius 2 is 1.40 bits per heavy atom. The van der Waals surface area contributed by atoms with Crippen LogP contribution in [0.25, 0.3) is 0 Å². The summed E-state index contributed by atoms with van der Waals surface area (Å²) in [6, 6.07) is 0. The first-order valence-corrected chi connectivity index (χ1v) is 22.4. The summed E-state index contributed by atoms with van der Waals surface area (Å²) in [6.45, 7) is 9.41. The standard InChI is InChI=1S/C40H68O18S.Na/c1-18(2)20(11-14-54-36-34(30(46)23(43)16-55-36)57-37-33(53-6)29(45)22(42)17-56-37)8-7-19(3)26-31(47)32(48)35-39(26,5)13-10-25-38(4)12-9-21(41)28(44)27(38)24(15-40(25,35)49)58-59(50,51)52;/h7-8,18-37,41-49H,9-17H2,1-6H3,(H,50,51,52);/q;+1/p-1/b8-7+;/t19-,20-,21+,22?,23?,24+,25?,26+,27?,28+,29?,30?,31-,32-,33?,34?,35?,36?,37?,38-,39-,40+;/m1./s1. The van der Waals surface area contributed by atoms with E-state index in [4.69, 9.17) is 27.9 Å². The van der Waals surface area contributed by atoms with Crippen molar-refractivity contribution < 1.29 is 116 Å². The number of hydrogen-bond donors (Lipinski definition) is 9. The van der Waals surface area contributed by atoms with Gasteiger partial charge in [-0.2, -0.15) is 0 Å². The molecule has 2 heterocycles. The molecule has 4 saturated carbocycles. The Morgan fingerprint density at radius 3 is 2.00 bits per heavy atom. The van der Waals surface area contributed by atoms with E-state index in [2.05, 4.69) is 0 Å². The number of aliphatic hydroxyl groups excluding tert-OH is 8. The molecule has 2 saturated heterocycles. The first-order valence-electron chi connectivity index (χ1n) is 21.0. The zero-order valence-electron chi connectivity index (χ0n) is 35.7. The average Bonchev–Trinajstić information content (AvgIpc) is 3.35. The van der Waals surface area contributed by atoms with Crippen molar-refractivity contribution in [3.8, 4) is 0 Å². The van der Waals surface area contributed by atoms with Crippen molar-refractivity contribution in [2.75, 3.05) is 26.9 Å². The summed E-state index contributed by atoms with van der Waals surface area (Å²) in [5.41, 5.74) is -3.59. The van der Waals surface area contributed by atoms with Crippen molar-refractivity contribution in [1.82, 2.24) is 0 Å². The maximum absolute atomic E-state index is 12.8. The summed E-state index contributed by atoms with van der Waals surface area (Å²) in [6.07, 6.45) is -11.1. The Morgan fingerprint density at radius 1 is 0.800 bits per heavy atom. The second kappa shape index (κ2) is 19.5. The predicted molar refractivity (Wildman–Crippen MR) is 203 cm³/mol. The van der Waals surface area contributed by atoms with Crippen LogP contribution in [0.2, 0.25) is 0 Å². The SMILES string of the molecule is COC1C(OC2C(OCC[C@@H](/C=C/[C@@H](C)[C@H]3[C@@H](O)[C@@H](O)C4[C@]5(O)C[C@H](OS(=O)(=O)[O-])C6[C@@H](O)[C@@H](O)CC[C@]6(C)C5CC[C@@]43C)C(C)C)OCC(O)C2O)OCC(O)C1O.[Na+]. The van der Waals surface area contributed by atoms with E-state index in [1.54, 1.807) is 0 Å². The van der Waals surface area contributed by atoms with Gasteiger partial charge < -0.3 is 74.2 Å². The maximum atomic E-state index is 12.8. The summed E-state index contributed by atoms with van der Waals surface area (Å²) in [5, 5.41) is 99.8. The minimum Gasteiger partial charge on any atom is -0.726 e. The van der Waals surface area contributed by atoms with Gasteiger partial charge in [-0.05, 0) is 72.5 Å². The van der Waals surface area contributed by atoms with Crippen LogP contribution < -0.4 is 29.6 Å².